The molecule has 0 unspecified atom stereocenters. The summed E-state index contributed by atoms with van der Waals surface area (Å²) < 4.78 is 2.03. The summed E-state index contributed by atoms with van der Waals surface area (Å²) in [6.07, 6.45) is 1.79. The number of hydrogen-bond donors (Lipinski definition) is 0. The molecule has 0 saturated carbocycles. The molecule has 3 aromatic rings. The number of imidazole rings is 1. The zero-order valence-electron chi connectivity index (χ0n) is 9.88. The lowest BCUT2D eigenvalue weighted by atomic mass is 10.1. The Hall–Kier alpha value is -2.16. The molecule has 3 heteroatoms. The van der Waals surface area contributed by atoms with Crippen LogP contribution in [-0.4, -0.2) is 14.5 Å². The smallest absolute Gasteiger partial charge is 0.159 e. The molecule has 0 fully saturated rings. The Bertz CT molecular complexity index is 666. The Labute approximate surface area is 99.8 Å². The molecule has 0 radical (unpaired) electrons. The third-order valence-corrected chi connectivity index (χ3v) is 2.94. The summed E-state index contributed by atoms with van der Waals surface area (Å²) in [7, 11) is 2.00. The molecular weight excluding hydrogens is 210 g/mol. The molecule has 0 bridgehead atoms. The van der Waals surface area contributed by atoms with E-state index >= 15 is 0 Å². The summed E-state index contributed by atoms with van der Waals surface area (Å²) in [6, 6.07) is 12.3. The Balaban J connectivity index is 2.24. The van der Waals surface area contributed by atoms with Crippen LogP contribution in [0.15, 0.2) is 42.6 Å². The highest BCUT2D eigenvalue weighted by atomic mass is 15.1. The van der Waals surface area contributed by atoms with Crippen LogP contribution < -0.4 is 0 Å². The molecule has 0 aliphatic rings. The highest BCUT2D eigenvalue weighted by Crippen LogP contribution is 2.22. The average molecular weight is 223 g/mol. The van der Waals surface area contributed by atoms with Gasteiger partial charge in [0, 0.05) is 18.8 Å². The van der Waals surface area contributed by atoms with Crippen molar-refractivity contribution >= 4 is 11.2 Å². The zero-order valence-corrected chi connectivity index (χ0v) is 9.88. The van der Waals surface area contributed by atoms with Crippen molar-refractivity contribution in [2.75, 3.05) is 0 Å². The minimum Gasteiger partial charge on any atom is -0.312 e. The molecule has 0 atom stereocenters. The Morgan fingerprint density at radius 2 is 1.82 bits per heavy atom. The standard InChI is InChI=1S/C14H13N3/c1-10-5-7-11(8-6-10)13-16-12-4-3-9-15-14(12)17(13)2/h3-9H,1-2H3. The first-order valence-corrected chi connectivity index (χ1v) is 5.60. The van der Waals surface area contributed by atoms with E-state index in [1.54, 1.807) is 6.20 Å². The van der Waals surface area contributed by atoms with Crippen LogP contribution in [0.5, 0.6) is 0 Å². The summed E-state index contributed by atoms with van der Waals surface area (Å²) in [5, 5.41) is 0. The third-order valence-electron chi connectivity index (χ3n) is 2.94. The lowest BCUT2D eigenvalue weighted by Crippen LogP contribution is -1.93. The van der Waals surface area contributed by atoms with Crippen molar-refractivity contribution in [2.45, 2.75) is 6.92 Å². The van der Waals surface area contributed by atoms with Crippen molar-refractivity contribution in [1.82, 2.24) is 14.5 Å². The van der Waals surface area contributed by atoms with E-state index in [2.05, 4.69) is 41.2 Å². The van der Waals surface area contributed by atoms with Crippen LogP contribution in [0.3, 0.4) is 0 Å². The number of aromatic nitrogens is 3. The molecule has 1 aromatic carbocycles. The minimum absolute atomic E-state index is 0.920. The van der Waals surface area contributed by atoms with E-state index in [0.717, 1.165) is 22.6 Å². The van der Waals surface area contributed by atoms with Crippen molar-refractivity contribution in [1.29, 1.82) is 0 Å². The lowest BCUT2D eigenvalue weighted by Gasteiger charge is -2.02. The van der Waals surface area contributed by atoms with Gasteiger partial charge in [-0.2, -0.15) is 0 Å². The second-order valence-corrected chi connectivity index (χ2v) is 4.21. The SMILES string of the molecule is Cc1ccc(-c2nc3cccnc3n2C)cc1. The Morgan fingerprint density at radius 3 is 2.53 bits per heavy atom. The summed E-state index contributed by atoms with van der Waals surface area (Å²) in [4.78, 5) is 8.96. The van der Waals surface area contributed by atoms with Gasteiger partial charge in [0.1, 0.15) is 11.3 Å². The van der Waals surface area contributed by atoms with Gasteiger partial charge in [-0.25, -0.2) is 9.97 Å². The molecule has 17 heavy (non-hydrogen) atoms. The number of fused-ring (bicyclic) bond motifs is 1. The maximum absolute atomic E-state index is 4.61. The van der Waals surface area contributed by atoms with Crippen molar-refractivity contribution in [3.05, 3.63) is 48.2 Å². The van der Waals surface area contributed by atoms with Crippen LogP contribution in [0.4, 0.5) is 0 Å². The molecule has 84 valence electrons. The predicted molar refractivity (Wildman–Crippen MR) is 68.7 cm³/mol. The highest BCUT2D eigenvalue weighted by molar-refractivity contribution is 5.76. The summed E-state index contributed by atoms with van der Waals surface area (Å²) >= 11 is 0. The molecule has 2 aromatic heterocycles. The van der Waals surface area contributed by atoms with Crippen molar-refractivity contribution in [2.24, 2.45) is 7.05 Å². The first-order valence-electron chi connectivity index (χ1n) is 5.60. The van der Waals surface area contributed by atoms with Gasteiger partial charge in [0.25, 0.3) is 0 Å². The average Bonchev–Trinajstić information content (AvgIpc) is 2.69. The van der Waals surface area contributed by atoms with Gasteiger partial charge in [-0.1, -0.05) is 29.8 Å². The fourth-order valence-electron chi connectivity index (χ4n) is 1.98. The lowest BCUT2D eigenvalue weighted by molar-refractivity contribution is 0.942. The molecule has 0 aliphatic carbocycles. The first-order chi connectivity index (χ1) is 8.25. The third kappa shape index (κ3) is 1.60. The topological polar surface area (TPSA) is 30.7 Å². The van der Waals surface area contributed by atoms with E-state index < -0.39 is 0 Å². The maximum atomic E-state index is 4.61. The van der Waals surface area contributed by atoms with Gasteiger partial charge in [0.2, 0.25) is 0 Å². The summed E-state index contributed by atoms with van der Waals surface area (Å²) in [5.41, 5.74) is 4.23. The van der Waals surface area contributed by atoms with Crippen LogP contribution in [0.2, 0.25) is 0 Å². The largest absolute Gasteiger partial charge is 0.312 e. The van der Waals surface area contributed by atoms with E-state index in [0.29, 0.717) is 0 Å². The second-order valence-electron chi connectivity index (χ2n) is 4.21. The molecule has 0 amide bonds. The van der Waals surface area contributed by atoms with E-state index in [-0.39, 0.29) is 0 Å². The van der Waals surface area contributed by atoms with Gasteiger partial charge in [0.05, 0.1) is 0 Å². The van der Waals surface area contributed by atoms with E-state index in [1.807, 2.05) is 23.7 Å². The van der Waals surface area contributed by atoms with E-state index in [4.69, 9.17) is 0 Å². The Kier molecular flexibility index (Phi) is 2.18. The predicted octanol–water partition coefficient (Wildman–Crippen LogP) is 2.94. The monoisotopic (exact) mass is 223 g/mol. The number of pyridine rings is 1. The molecule has 0 spiro atoms. The van der Waals surface area contributed by atoms with Gasteiger partial charge < -0.3 is 4.57 Å². The van der Waals surface area contributed by atoms with Gasteiger partial charge in [-0.05, 0) is 19.1 Å². The molecule has 0 aliphatic heterocycles. The van der Waals surface area contributed by atoms with Crippen LogP contribution in [-0.2, 0) is 7.05 Å². The van der Waals surface area contributed by atoms with Crippen molar-refractivity contribution in [3.63, 3.8) is 0 Å². The number of benzene rings is 1. The van der Waals surface area contributed by atoms with Crippen LogP contribution in [0.1, 0.15) is 5.56 Å². The van der Waals surface area contributed by atoms with Gasteiger partial charge in [-0.15, -0.1) is 0 Å². The minimum atomic E-state index is 0.920. The maximum Gasteiger partial charge on any atom is 0.159 e. The first kappa shape index (κ1) is 10.0. The van der Waals surface area contributed by atoms with Crippen LogP contribution in [0.25, 0.3) is 22.6 Å². The quantitative estimate of drug-likeness (QED) is 0.635. The second kappa shape index (κ2) is 3.70. The fraction of sp³-hybridized carbons (Fsp3) is 0.143. The van der Waals surface area contributed by atoms with E-state index in [9.17, 15) is 0 Å². The van der Waals surface area contributed by atoms with Gasteiger partial charge in [0.15, 0.2) is 5.65 Å². The number of hydrogen-bond acceptors (Lipinski definition) is 2. The molecule has 2 heterocycles. The summed E-state index contributed by atoms with van der Waals surface area (Å²) in [6.45, 7) is 2.08. The van der Waals surface area contributed by atoms with E-state index in [1.165, 1.54) is 5.56 Å². The highest BCUT2D eigenvalue weighted by Gasteiger charge is 2.09. The molecule has 0 N–H and O–H groups in total. The number of nitrogens with zero attached hydrogens (tertiary/aromatic N) is 3. The Morgan fingerprint density at radius 1 is 1.06 bits per heavy atom. The zero-order chi connectivity index (χ0) is 11.8. The number of rotatable bonds is 1. The van der Waals surface area contributed by atoms with Crippen LogP contribution >= 0.6 is 0 Å². The molecule has 3 rings (SSSR count). The molecule has 0 saturated heterocycles. The fourth-order valence-corrected chi connectivity index (χ4v) is 1.98. The van der Waals surface area contributed by atoms with Gasteiger partial charge in [-0.3, -0.25) is 0 Å². The summed E-state index contributed by atoms with van der Waals surface area (Å²) in [5.74, 6) is 0.957. The van der Waals surface area contributed by atoms with Crippen LogP contribution in [0, 0.1) is 6.92 Å². The number of aryl methyl sites for hydroxylation is 2. The van der Waals surface area contributed by atoms with Crippen molar-refractivity contribution < 1.29 is 0 Å². The normalized spacial score (nSPS) is 10.9. The molecular formula is C14H13N3. The van der Waals surface area contributed by atoms with Gasteiger partial charge >= 0.3 is 0 Å². The molecule has 3 nitrogen and oxygen atoms in total. The van der Waals surface area contributed by atoms with Crippen molar-refractivity contribution in [3.8, 4) is 11.4 Å².